The maximum Gasteiger partial charge on any atom is 0.241 e. The van der Waals surface area contributed by atoms with E-state index in [0.29, 0.717) is 18.0 Å². The lowest BCUT2D eigenvalue weighted by atomic mass is 10.0. The van der Waals surface area contributed by atoms with Crippen LogP contribution >= 0.6 is 11.3 Å². The van der Waals surface area contributed by atoms with E-state index in [9.17, 15) is 8.42 Å². The van der Waals surface area contributed by atoms with Gasteiger partial charge < -0.3 is 10.1 Å². The van der Waals surface area contributed by atoms with Crippen LogP contribution in [-0.2, 0) is 21.3 Å². The number of ether oxygens (including phenoxy) is 1. The molecule has 2 rings (SSSR count). The number of hydrogen-bond donors (Lipinski definition) is 2. The molecule has 0 aromatic carbocycles. The highest BCUT2D eigenvalue weighted by Crippen LogP contribution is 2.27. The molecule has 0 saturated carbocycles. The van der Waals surface area contributed by atoms with Crippen LogP contribution in [0.25, 0.3) is 0 Å². The molecular weight excluding hydrogens is 308 g/mol. The Labute approximate surface area is 131 Å². The van der Waals surface area contributed by atoms with Crippen molar-refractivity contribution in [2.45, 2.75) is 44.7 Å². The second-order valence-corrected chi connectivity index (χ2v) is 8.47. The third kappa shape index (κ3) is 4.26. The summed E-state index contributed by atoms with van der Waals surface area (Å²) in [4.78, 5) is 2.29. The van der Waals surface area contributed by atoms with Gasteiger partial charge in [-0.1, -0.05) is 6.92 Å². The summed E-state index contributed by atoms with van der Waals surface area (Å²) in [5.74, 6) is 0.264. The molecular formula is C14H24N2O3S2. The second kappa shape index (κ2) is 7.19. The molecule has 0 amide bonds. The number of sulfonamides is 1. The van der Waals surface area contributed by atoms with Crippen LogP contribution in [0.15, 0.2) is 11.0 Å². The maximum atomic E-state index is 12.5. The van der Waals surface area contributed by atoms with Gasteiger partial charge in [-0.15, -0.1) is 11.3 Å². The fraction of sp³-hybridized carbons (Fsp3) is 0.714. The van der Waals surface area contributed by atoms with E-state index in [4.69, 9.17) is 4.74 Å². The zero-order valence-electron chi connectivity index (χ0n) is 12.8. The molecule has 0 bridgehead atoms. The molecule has 5 nitrogen and oxygen atoms in total. The van der Waals surface area contributed by atoms with Gasteiger partial charge in [0.25, 0.3) is 0 Å². The summed E-state index contributed by atoms with van der Waals surface area (Å²) in [6, 6.07) is 1.68. The average molecular weight is 332 g/mol. The van der Waals surface area contributed by atoms with Gasteiger partial charge in [-0.05, 0) is 32.9 Å². The van der Waals surface area contributed by atoms with Gasteiger partial charge in [0.2, 0.25) is 10.0 Å². The molecule has 1 saturated heterocycles. The standard InChI is InChI=1S/C14H24N2O3S2/c1-4-15-8-13-7-14(11(3)20-13)21(17,18)16-10(2)12-5-6-19-9-12/h7,10,12,15-16H,4-6,8-9H2,1-3H3. The van der Waals surface area contributed by atoms with Crippen LogP contribution in [-0.4, -0.2) is 34.2 Å². The minimum atomic E-state index is -3.45. The minimum absolute atomic E-state index is 0.103. The quantitative estimate of drug-likeness (QED) is 0.800. The molecule has 120 valence electrons. The summed E-state index contributed by atoms with van der Waals surface area (Å²) in [5.41, 5.74) is 0. The van der Waals surface area contributed by atoms with Gasteiger partial charge in [0.1, 0.15) is 0 Å². The number of rotatable bonds is 7. The Kier molecular flexibility index (Phi) is 5.79. The van der Waals surface area contributed by atoms with Gasteiger partial charge >= 0.3 is 0 Å². The zero-order chi connectivity index (χ0) is 15.5. The van der Waals surface area contributed by atoms with Crippen LogP contribution in [0.2, 0.25) is 0 Å². The van der Waals surface area contributed by atoms with Crippen molar-refractivity contribution in [2.75, 3.05) is 19.8 Å². The van der Waals surface area contributed by atoms with Crippen LogP contribution in [0.4, 0.5) is 0 Å². The molecule has 1 aliphatic heterocycles. The van der Waals surface area contributed by atoms with Crippen LogP contribution in [0.1, 0.15) is 30.0 Å². The van der Waals surface area contributed by atoms with Crippen molar-refractivity contribution < 1.29 is 13.2 Å². The summed E-state index contributed by atoms with van der Waals surface area (Å²) >= 11 is 1.53. The van der Waals surface area contributed by atoms with Crippen molar-refractivity contribution in [1.29, 1.82) is 0 Å². The van der Waals surface area contributed by atoms with Gasteiger partial charge in [0, 0.05) is 34.9 Å². The lowest BCUT2D eigenvalue weighted by Gasteiger charge is -2.19. The molecule has 2 heterocycles. The minimum Gasteiger partial charge on any atom is -0.381 e. The Bertz CT molecular complexity index is 563. The summed E-state index contributed by atoms with van der Waals surface area (Å²) in [6.45, 7) is 8.75. The highest BCUT2D eigenvalue weighted by molar-refractivity contribution is 7.89. The summed E-state index contributed by atoms with van der Waals surface area (Å²) in [7, 11) is -3.45. The van der Waals surface area contributed by atoms with Crippen molar-refractivity contribution in [3.05, 3.63) is 15.8 Å². The van der Waals surface area contributed by atoms with Gasteiger partial charge in [-0.2, -0.15) is 0 Å². The fourth-order valence-corrected chi connectivity index (χ4v) is 5.40. The van der Waals surface area contributed by atoms with E-state index in [1.165, 1.54) is 11.3 Å². The number of thiophene rings is 1. The van der Waals surface area contributed by atoms with E-state index in [1.807, 2.05) is 20.8 Å². The highest BCUT2D eigenvalue weighted by Gasteiger charge is 2.28. The predicted molar refractivity (Wildman–Crippen MR) is 85.1 cm³/mol. The van der Waals surface area contributed by atoms with E-state index in [0.717, 1.165) is 29.3 Å². The highest BCUT2D eigenvalue weighted by atomic mass is 32.2. The Morgan fingerprint density at radius 1 is 1.52 bits per heavy atom. The smallest absolute Gasteiger partial charge is 0.241 e. The van der Waals surface area contributed by atoms with E-state index in [2.05, 4.69) is 10.0 Å². The molecule has 1 aromatic heterocycles. The number of hydrogen-bond acceptors (Lipinski definition) is 5. The monoisotopic (exact) mass is 332 g/mol. The Hall–Kier alpha value is -0.470. The normalized spacial score (nSPS) is 20.8. The van der Waals surface area contributed by atoms with E-state index in [-0.39, 0.29) is 12.0 Å². The van der Waals surface area contributed by atoms with Crippen molar-refractivity contribution in [3.8, 4) is 0 Å². The third-order valence-electron chi connectivity index (χ3n) is 3.78. The zero-order valence-corrected chi connectivity index (χ0v) is 14.4. The number of nitrogens with one attached hydrogen (secondary N) is 2. The lowest BCUT2D eigenvalue weighted by Crippen LogP contribution is -2.38. The molecule has 21 heavy (non-hydrogen) atoms. The van der Waals surface area contributed by atoms with Crippen LogP contribution in [0.3, 0.4) is 0 Å². The third-order valence-corrected chi connectivity index (χ3v) is 6.64. The Morgan fingerprint density at radius 3 is 2.90 bits per heavy atom. The first-order valence-corrected chi connectivity index (χ1v) is 9.64. The van der Waals surface area contributed by atoms with E-state index in [1.54, 1.807) is 6.07 Å². The van der Waals surface area contributed by atoms with Crippen molar-refractivity contribution in [2.24, 2.45) is 5.92 Å². The Morgan fingerprint density at radius 2 is 2.29 bits per heavy atom. The first-order chi connectivity index (χ1) is 9.94. The largest absolute Gasteiger partial charge is 0.381 e. The van der Waals surface area contributed by atoms with E-state index < -0.39 is 10.0 Å². The lowest BCUT2D eigenvalue weighted by molar-refractivity contribution is 0.180. The van der Waals surface area contributed by atoms with Gasteiger partial charge in [-0.3, -0.25) is 0 Å². The van der Waals surface area contributed by atoms with Crippen molar-refractivity contribution in [1.82, 2.24) is 10.0 Å². The summed E-state index contributed by atoms with van der Waals surface area (Å²) in [5, 5.41) is 3.22. The molecule has 2 unspecified atom stereocenters. The molecule has 2 atom stereocenters. The topological polar surface area (TPSA) is 67.4 Å². The second-order valence-electron chi connectivity index (χ2n) is 5.45. The van der Waals surface area contributed by atoms with Gasteiger partial charge in [0.15, 0.2) is 0 Å². The summed E-state index contributed by atoms with van der Waals surface area (Å²) in [6.07, 6.45) is 0.915. The molecule has 0 spiro atoms. The first kappa shape index (κ1) is 16.9. The van der Waals surface area contributed by atoms with Crippen LogP contribution in [0, 0.1) is 12.8 Å². The van der Waals surface area contributed by atoms with Crippen molar-refractivity contribution in [3.63, 3.8) is 0 Å². The molecule has 7 heteroatoms. The first-order valence-electron chi connectivity index (χ1n) is 7.34. The van der Waals surface area contributed by atoms with Crippen LogP contribution in [0.5, 0.6) is 0 Å². The maximum absolute atomic E-state index is 12.5. The fourth-order valence-electron chi connectivity index (χ4n) is 2.48. The molecule has 0 aliphatic carbocycles. The van der Waals surface area contributed by atoms with Crippen molar-refractivity contribution >= 4 is 21.4 Å². The van der Waals surface area contributed by atoms with Gasteiger partial charge in [0.05, 0.1) is 11.5 Å². The molecule has 1 fully saturated rings. The average Bonchev–Trinajstić information content (AvgIpc) is 3.05. The van der Waals surface area contributed by atoms with Crippen LogP contribution < -0.4 is 10.0 Å². The summed E-state index contributed by atoms with van der Waals surface area (Å²) < 4.78 is 33.2. The molecule has 1 aliphatic rings. The number of aryl methyl sites for hydroxylation is 1. The SMILES string of the molecule is CCNCc1cc(S(=O)(=O)NC(C)C2CCOC2)c(C)s1. The molecule has 0 radical (unpaired) electrons. The predicted octanol–water partition coefficient (Wildman–Crippen LogP) is 1.87. The molecule has 1 aromatic rings. The van der Waals surface area contributed by atoms with Gasteiger partial charge in [-0.25, -0.2) is 13.1 Å². The molecule has 2 N–H and O–H groups in total. The Balaban J connectivity index is 2.09. The van der Waals surface area contributed by atoms with E-state index >= 15 is 0 Å².